The Morgan fingerprint density at radius 3 is 2.35 bits per heavy atom. The molecule has 4 N–H and O–H groups in total. The quantitative estimate of drug-likeness (QED) is 0.747. The molecule has 1 unspecified atom stereocenters. The number of likely N-dealkylation sites (N-methyl/N-ethyl adjacent to an activating group) is 1. The summed E-state index contributed by atoms with van der Waals surface area (Å²) in [6.45, 7) is 7.63. The van der Waals surface area contributed by atoms with Crippen LogP contribution in [0.15, 0.2) is 24.3 Å². The van der Waals surface area contributed by atoms with E-state index in [9.17, 15) is 4.79 Å². The number of hydrogen-bond acceptors (Lipinski definition) is 3. The van der Waals surface area contributed by atoms with Crippen LogP contribution < -0.4 is 16.4 Å². The number of anilines is 1. The summed E-state index contributed by atoms with van der Waals surface area (Å²) in [5, 5.41) is 5.64. The highest BCUT2D eigenvalue weighted by Crippen LogP contribution is 2.13. The predicted molar refractivity (Wildman–Crippen MR) is 83.8 cm³/mol. The first-order valence-electron chi connectivity index (χ1n) is 7.00. The average Bonchev–Trinajstić information content (AvgIpc) is 2.39. The van der Waals surface area contributed by atoms with E-state index in [2.05, 4.69) is 29.4 Å². The minimum atomic E-state index is -0.185. The van der Waals surface area contributed by atoms with Crippen molar-refractivity contribution >= 4 is 11.7 Å². The van der Waals surface area contributed by atoms with Gasteiger partial charge in [-0.05, 0) is 45.5 Å². The van der Waals surface area contributed by atoms with Gasteiger partial charge in [0.15, 0.2) is 0 Å². The number of urea groups is 1. The molecule has 20 heavy (non-hydrogen) atoms. The van der Waals surface area contributed by atoms with Gasteiger partial charge >= 0.3 is 6.03 Å². The number of nitrogens with zero attached hydrogens (tertiary/aromatic N) is 1. The van der Waals surface area contributed by atoms with Crippen LogP contribution in [0.5, 0.6) is 0 Å². The van der Waals surface area contributed by atoms with E-state index in [0.717, 1.165) is 17.8 Å². The normalized spacial score (nSPS) is 12.6. The van der Waals surface area contributed by atoms with Gasteiger partial charge in [-0.3, -0.25) is 0 Å². The van der Waals surface area contributed by atoms with Crippen LogP contribution in [0.25, 0.3) is 0 Å². The third-order valence-electron chi connectivity index (χ3n) is 3.33. The molecule has 0 bridgehead atoms. The molecule has 1 rings (SSSR count). The molecule has 1 atom stereocenters. The topological polar surface area (TPSA) is 70.4 Å². The van der Waals surface area contributed by atoms with Gasteiger partial charge in [-0.2, -0.15) is 0 Å². The molecule has 0 aromatic heterocycles. The van der Waals surface area contributed by atoms with Gasteiger partial charge in [0.1, 0.15) is 0 Å². The maximum absolute atomic E-state index is 11.7. The summed E-state index contributed by atoms with van der Waals surface area (Å²) < 4.78 is 0. The molecule has 0 fully saturated rings. The first-order valence-corrected chi connectivity index (χ1v) is 7.00. The van der Waals surface area contributed by atoms with E-state index in [1.165, 1.54) is 0 Å². The van der Waals surface area contributed by atoms with Crippen LogP contribution in [0, 0.1) is 0 Å². The fourth-order valence-corrected chi connectivity index (χ4v) is 1.65. The Balaban J connectivity index is 2.35. The number of rotatable bonds is 6. The molecule has 0 aliphatic rings. The fraction of sp³-hybridized carbons (Fsp3) is 0.533. The highest BCUT2D eigenvalue weighted by Gasteiger charge is 2.05. The van der Waals surface area contributed by atoms with Gasteiger partial charge in [-0.1, -0.05) is 12.1 Å². The lowest BCUT2D eigenvalue weighted by atomic mass is 10.1. The summed E-state index contributed by atoms with van der Waals surface area (Å²) in [7, 11) is 2.04. The van der Waals surface area contributed by atoms with Crippen molar-refractivity contribution in [2.75, 3.05) is 25.5 Å². The smallest absolute Gasteiger partial charge is 0.319 e. The zero-order valence-corrected chi connectivity index (χ0v) is 12.8. The van der Waals surface area contributed by atoms with Crippen LogP contribution in [0.2, 0.25) is 0 Å². The van der Waals surface area contributed by atoms with E-state index in [-0.39, 0.29) is 12.1 Å². The van der Waals surface area contributed by atoms with Crippen LogP contribution in [0.1, 0.15) is 32.4 Å². The second-order valence-corrected chi connectivity index (χ2v) is 5.37. The number of hydrogen-bond donors (Lipinski definition) is 3. The number of nitrogens with two attached hydrogens (primary N) is 1. The Bertz CT molecular complexity index is 414. The Morgan fingerprint density at radius 1 is 1.25 bits per heavy atom. The van der Waals surface area contributed by atoms with Gasteiger partial charge < -0.3 is 21.3 Å². The lowest BCUT2D eigenvalue weighted by molar-refractivity contribution is 0.244. The third-order valence-corrected chi connectivity index (χ3v) is 3.33. The molecular formula is C15H26N4O. The maximum atomic E-state index is 11.7. The molecule has 0 heterocycles. The molecule has 1 aromatic rings. The third kappa shape index (κ3) is 5.59. The van der Waals surface area contributed by atoms with Crippen molar-refractivity contribution in [2.24, 2.45) is 5.73 Å². The summed E-state index contributed by atoms with van der Waals surface area (Å²) in [6.07, 6.45) is 0. The van der Waals surface area contributed by atoms with E-state index < -0.39 is 0 Å². The zero-order chi connectivity index (χ0) is 15.1. The number of benzene rings is 1. The Morgan fingerprint density at radius 2 is 1.85 bits per heavy atom. The van der Waals surface area contributed by atoms with Gasteiger partial charge in [0.25, 0.3) is 0 Å². The molecule has 5 nitrogen and oxygen atoms in total. The molecular weight excluding hydrogens is 252 g/mol. The lowest BCUT2D eigenvalue weighted by Crippen LogP contribution is -2.37. The molecule has 112 valence electrons. The van der Waals surface area contributed by atoms with E-state index in [0.29, 0.717) is 12.6 Å². The molecule has 0 aliphatic carbocycles. The van der Waals surface area contributed by atoms with Crippen molar-refractivity contribution in [2.45, 2.75) is 32.9 Å². The predicted octanol–water partition coefficient (Wildman–Crippen LogP) is 2.17. The van der Waals surface area contributed by atoms with Gasteiger partial charge in [0, 0.05) is 30.9 Å². The van der Waals surface area contributed by atoms with E-state index >= 15 is 0 Å². The van der Waals surface area contributed by atoms with Crippen LogP contribution in [0.4, 0.5) is 10.5 Å². The standard InChI is InChI=1S/C15H26N4O/c1-11(2)19(4)10-9-17-15(20)18-14-7-5-13(6-8-14)12(3)16/h5-8,11-12H,9-10,16H2,1-4H3,(H2,17,18,20). The Labute approximate surface area is 121 Å². The van der Waals surface area contributed by atoms with Gasteiger partial charge in [-0.25, -0.2) is 4.79 Å². The molecule has 0 radical (unpaired) electrons. The lowest BCUT2D eigenvalue weighted by Gasteiger charge is -2.20. The van der Waals surface area contributed by atoms with Gasteiger partial charge in [0.2, 0.25) is 0 Å². The van der Waals surface area contributed by atoms with Crippen molar-refractivity contribution in [3.63, 3.8) is 0 Å². The van der Waals surface area contributed by atoms with Crippen molar-refractivity contribution in [3.8, 4) is 0 Å². The Kier molecular flexibility index (Phi) is 6.48. The number of nitrogens with one attached hydrogen (secondary N) is 2. The second-order valence-electron chi connectivity index (χ2n) is 5.37. The average molecular weight is 278 g/mol. The van der Waals surface area contributed by atoms with E-state index in [1.54, 1.807) is 0 Å². The van der Waals surface area contributed by atoms with Crippen molar-refractivity contribution < 1.29 is 4.79 Å². The minimum Gasteiger partial charge on any atom is -0.337 e. The maximum Gasteiger partial charge on any atom is 0.319 e. The van der Waals surface area contributed by atoms with E-state index in [1.807, 2.05) is 38.2 Å². The monoisotopic (exact) mass is 278 g/mol. The molecule has 5 heteroatoms. The van der Waals surface area contributed by atoms with E-state index in [4.69, 9.17) is 5.73 Å². The number of carbonyl (C=O) groups is 1. The number of amides is 2. The summed E-state index contributed by atoms with van der Waals surface area (Å²) in [5.41, 5.74) is 7.60. The molecule has 0 spiro atoms. The zero-order valence-electron chi connectivity index (χ0n) is 12.8. The SMILES string of the molecule is CC(N)c1ccc(NC(=O)NCCN(C)C(C)C)cc1. The molecule has 1 aromatic carbocycles. The summed E-state index contributed by atoms with van der Waals surface area (Å²) in [6, 6.07) is 7.86. The van der Waals surface area contributed by atoms with Crippen molar-refractivity contribution in [1.29, 1.82) is 0 Å². The second kappa shape index (κ2) is 7.87. The van der Waals surface area contributed by atoms with Gasteiger partial charge in [0.05, 0.1) is 0 Å². The fourth-order valence-electron chi connectivity index (χ4n) is 1.65. The van der Waals surface area contributed by atoms with Gasteiger partial charge in [-0.15, -0.1) is 0 Å². The summed E-state index contributed by atoms with van der Waals surface area (Å²) in [5.74, 6) is 0. The largest absolute Gasteiger partial charge is 0.337 e. The molecule has 0 saturated carbocycles. The van der Waals surface area contributed by atoms with Crippen LogP contribution in [0.3, 0.4) is 0 Å². The molecule has 0 saturated heterocycles. The minimum absolute atomic E-state index is 0.00412. The molecule has 0 aliphatic heterocycles. The van der Waals surface area contributed by atoms with Crippen molar-refractivity contribution in [3.05, 3.63) is 29.8 Å². The molecule has 2 amide bonds. The Hall–Kier alpha value is -1.59. The first kappa shape index (κ1) is 16.5. The van der Waals surface area contributed by atoms with Crippen LogP contribution in [-0.4, -0.2) is 37.1 Å². The van der Waals surface area contributed by atoms with Crippen LogP contribution >= 0.6 is 0 Å². The van der Waals surface area contributed by atoms with Crippen molar-refractivity contribution in [1.82, 2.24) is 10.2 Å². The summed E-state index contributed by atoms with van der Waals surface area (Å²) in [4.78, 5) is 13.9. The summed E-state index contributed by atoms with van der Waals surface area (Å²) >= 11 is 0. The first-order chi connectivity index (χ1) is 9.40. The number of carbonyl (C=O) groups excluding carboxylic acids is 1. The highest BCUT2D eigenvalue weighted by molar-refractivity contribution is 5.89. The van der Waals surface area contributed by atoms with Crippen LogP contribution in [-0.2, 0) is 0 Å². The highest BCUT2D eigenvalue weighted by atomic mass is 16.2.